The van der Waals surface area contributed by atoms with E-state index in [-0.39, 0.29) is 4.68 Å². The quantitative estimate of drug-likeness (QED) is 0.506. The summed E-state index contributed by atoms with van der Waals surface area (Å²) in [7, 11) is 0. The minimum atomic E-state index is -5.13. The van der Waals surface area contributed by atoms with Gasteiger partial charge in [-0.15, -0.1) is 0 Å². The van der Waals surface area contributed by atoms with E-state index in [1.54, 1.807) is 32.0 Å². The van der Waals surface area contributed by atoms with Crippen molar-refractivity contribution in [2.75, 3.05) is 11.9 Å². The molecule has 0 aliphatic carbocycles. The predicted octanol–water partition coefficient (Wildman–Crippen LogP) is 4.90. The van der Waals surface area contributed by atoms with Crippen molar-refractivity contribution in [2.45, 2.75) is 26.2 Å². The van der Waals surface area contributed by atoms with Crippen LogP contribution in [0.5, 0.6) is 0 Å². The Bertz CT molecular complexity index is 1210. The smallest absolute Gasteiger partial charge is 0.343 e. The maximum atomic E-state index is 13.8. The predicted molar refractivity (Wildman–Crippen MR) is 110 cm³/mol. The minimum absolute atomic E-state index is 0.209. The third-order valence-electron chi connectivity index (χ3n) is 4.86. The summed E-state index contributed by atoms with van der Waals surface area (Å²) in [5.74, 6) is -1.94. The first-order valence-electron chi connectivity index (χ1n) is 9.76. The number of para-hydroxylation sites is 1. The fraction of sp³-hybridized carbons (Fsp3) is 0.227. The molecule has 2 N–H and O–H groups in total. The third-order valence-corrected chi connectivity index (χ3v) is 4.86. The van der Waals surface area contributed by atoms with Crippen molar-refractivity contribution in [3.05, 3.63) is 76.6 Å². The van der Waals surface area contributed by atoms with Gasteiger partial charge >= 0.3 is 12.4 Å². The van der Waals surface area contributed by atoms with Gasteiger partial charge in [-0.3, -0.25) is 9.59 Å². The van der Waals surface area contributed by atoms with Gasteiger partial charge in [0.25, 0.3) is 5.91 Å². The third kappa shape index (κ3) is 5.38. The van der Waals surface area contributed by atoms with Gasteiger partial charge < -0.3 is 10.6 Å². The topological polar surface area (TPSA) is 76.0 Å². The number of benzene rings is 2. The molecule has 0 bridgehead atoms. The number of aryl methyl sites for hydroxylation is 2. The summed E-state index contributed by atoms with van der Waals surface area (Å²) in [5.41, 5.74) is -2.21. The minimum Gasteiger partial charge on any atom is -0.343 e. The normalized spacial score (nSPS) is 11.9. The number of carbonyl (C=O) groups excluding carboxylic acids is 2. The fourth-order valence-corrected chi connectivity index (χ4v) is 3.25. The number of amides is 2. The number of rotatable bonds is 5. The van der Waals surface area contributed by atoms with E-state index in [4.69, 9.17) is 0 Å². The van der Waals surface area contributed by atoms with Crippen molar-refractivity contribution >= 4 is 17.5 Å². The van der Waals surface area contributed by atoms with Crippen LogP contribution in [0.3, 0.4) is 0 Å². The highest BCUT2D eigenvalue weighted by Gasteiger charge is 2.41. The van der Waals surface area contributed by atoms with E-state index in [0.717, 1.165) is 23.3 Å². The number of nitrogens with one attached hydrogen (secondary N) is 2. The molecule has 2 amide bonds. The zero-order valence-corrected chi connectivity index (χ0v) is 17.8. The Balaban J connectivity index is 1.84. The van der Waals surface area contributed by atoms with Crippen LogP contribution >= 0.6 is 0 Å². The Labute approximate surface area is 189 Å². The molecule has 0 fully saturated rings. The van der Waals surface area contributed by atoms with Gasteiger partial charge in [-0.05, 0) is 43.2 Å². The van der Waals surface area contributed by atoms with Crippen molar-refractivity contribution in [3.8, 4) is 5.69 Å². The lowest BCUT2D eigenvalue weighted by Gasteiger charge is -2.14. The van der Waals surface area contributed by atoms with Crippen LogP contribution < -0.4 is 10.6 Å². The highest BCUT2D eigenvalue weighted by atomic mass is 19.4. The van der Waals surface area contributed by atoms with Gasteiger partial charge in [0.15, 0.2) is 5.69 Å². The van der Waals surface area contributed by atoms with E-state index in [9.17, 15) is 35.9 Å². The summed E-state index contributed by atoms with van der Waals surface area (Å²) in [4.78, 5) is 24.7. The molecule has 3 rings (SSSR count). The molecule has 0 saturated carbocycles. The van der Waals surface area contributed by atoms with Crippen LogP contribution in [0.25, 0.3) is 5.69 Å². The Hall–Kier alpha value is -3.83. The number of hydrogen-bond donors (Lipinski definition) is 2. The van der Waals surface area contributed by atoms with E-state index in [1.165, 1.54) is 0 Å². The van der Waals surface area contributed by atoms with Crippen molar-refractivity contribution in [2.24, 2.45) is 0 Å². The molecule has 0 atom stereocenters. The average molecular weight is 484 g/mol. The Morgan fingerprint density at radius 1 is 0.941 bits per heavy atom. The summed E-state index contributed by atoms with van der Waals surface area (Å²) < 4.78 is 80.4. The van der Waals surface area contributed by atoms with Crippen LogP contribution in [0, 0.1) is 13.8 Å². The molecule has 2 aromatic carbocycles. The van der Waals surface area contributed by atoms with Gasteiger partial charge in [0.1, 0.15) is 0 Å². The van der Waals surface area contributed by atoms with Gasteiger partial charge in [0.05, 0.1) is 29.6 Å². The van der Waals surface area contributed by atoms with Gasteiger partial charge in [-0.2, -0.15) is 31.4 Å². The van der Waals surface area contributed by atoms with Crippen LogP contribution in [-0.2, 0) is 17.1 Å². The Morgan fingerprint density at radius 3 is 2.15 bits per heavy atom. The molecular formula is C22H18F6N4O2. The second-order valence-electron chi connectivity index (χ2n) is 7.36. The molecule has 34 heavy (non-hydrogen) atoms. The molecule has 0 radical (unpaired) electrons. The lowest BCUT2D eigenvalue weighted by Crippen LogP contribution is -2.34. The second-order valence-corrected chi connectivity index (χ2v) is 7.36. The molecule has 1 heterocycles. The van der Waals surface area contributed by atoms with Gasteiger partial charge in [-0.25, -0.2) is 4.68 Å². The largest absolute Gasteiger partial charge is 0.434 e. The number of anilines is 1. The SMILES string of the molecule is Cc1cccc(C)c1NC(=O)CNC(=O)c1cnn(-c2cccc(C(F)(F)F)c2)c1C(F)(F)F. The van der Waals surface area contributed by atoms with Crippen LogP contribution in [0.1, 0.15) is 32.7 Å². The lowest BCUT2D eigenvalue weighted by molar-refractivity contribution is -0.143. The first kappa shape index (κ1) is 24.8. The average Bonchev–Trinajstić information content (AvgIpc) is 3.20. The first-order chi connectivity index (χ1) is 15.8. The van der Waals surface area contributed by atoms with Crippen molar-refractivity contribution < 1.29 is 35.9 Å². The zero-order valence-electron chi connectivity index (χ0n) is 17.8. The maximum Gasteiger partial charge on any atom is 0.434 e. The molecule has 0 spiro atoms. The van der Waals surface area contributed by atoms with Gasteiger partial charge in [0, 0.05) is 5.69 Å². The zero-order chi connectivity index (χ0) is 25.3. The number of hydrogen-bond acceptors (Lipinski definition) is 3. The van der Waals surface area contributed by atoms with Crippen LogP contribution in [0.15, 0.2) is 48.7 Å². The molecule has 0 unspecified atom stereocenters. The standard InChI is InChI=1S/C22H18F6N4O2/c1-12-5-3-6-13(2)18(12)31-17(33)11-29-20(34)16-10-30-32(19(16)22(26,27)28)15-8-4-7-14(9-15)21(23,24)25/h3-10H,11H2,1-2H3,(H,29,34)(H,31,33). The van der Waals surface area contributed by atoms with Crippen molar-refractivity contribution in [3.63, 3.8) is 0 Å². The summed E-state index contributed by atoms with van der Waals surface area (Å²) in [6.45, 7) is 2.86. The molecule has 1 aromatic heterocycles. The fourth-order valence-electron chi connectivity index (χ4n) is 3.25. The van der Waals surface area contributed by atoms with Crippen LogP contribution in [-0.4, -0.2) is 28.1 Å². The van der Waals surface area contributed by atoms with Crippen molar-refractivity contribution in [1.82, 2.24) is 15.1 Å². The van der Waals surface area contributed by atoms with Gasteiger partial charge in [0.2, 0.25) is 5.91 Å². The first-order valence-corrected chi connectivity index (χ1v) is 9.76. The van der Waals surface area contributed by atoms with Crippen LogP contribution in [0.4, 0.5) is 32.0 Å². The summed E-state index contributed by atoms with van der Waals surface area (Å²) in [6.07, 6.45) is -9.33. The summed E-state index contributed by atoms with van der Waals surface area (Å²) in [6, 6.07) is 8.39. The molecule has 0 aliphatic heterocycles. The molecule has 3 aromatic rings. The second kappa shape index (κ2) is 9.20. The Kier molecular flexibility index (Phi) is 6.71. The monoisotopic (exact) mass is 484 g/mol. The lowest BCUT2D eigenvalue weighted by atomic mass is 10.1. The molecule has 0 aliphatic rings. The number of carbonyl (C=O) groups is 2. The van der Waals surface area contributed by atoms with E-state index in [1.807, 2.05) is 0 Å². The molecule has 12 heteroatoms. The molecular weight excluding hydrogens is 466 g/mol. The van der Waals surface area contributed by atoms with Crippen molar-refractivity contribution in [1.29, 1.82) is 0 Å². The summed E-state index contributed by atoms with van der Waals surface area (Å²) in [5, 5.41) is 8.15. The van der Waals surface area contributed by atoms with E-state index in [0.29, 0.717) is 24.0 Å². The number of aromatic nitrogens is 2. The molecule has 0 saturated heterocycles. The van der Waals surface area contributed by atoms with E-state index in [2.05, 4.69) is 15.7 Å². The number of nitrogens with zero attached hydrogens (tertiary/aromatic N) is 2. The highest BCUT2D eigenvalue weighted by molar-refractivity contribution is 6.00. The summed E-state index contributed by atoms with van der Waals surface area (Å²) >= 11 is 0. The number of alkyl halides is 6. The highest BCUT2D eigenvalue weighted by Crippen LogP contribution is 2.35. The maximum absolute atomic E-state index is 13.8. The molecule has 6 nitrogen and oxygen atoms in total. The molecule has 180 valence electrons. The number of halogens is 6. The Morgan fingerprint density at radius 2 is 1.56 bits per heavy atom. The van der Waals surface area contributed by atoms with Gasteiger partial charge in [-0.1, -0.05) is 24.3 Å². The van der Waals surface area contributed by atoms with E-state index >= 15 is 0 Å². The van der Waals surface area contributed by atoms with E-state index < -0.39 is 53.2 Å². The van der Waals surface area contributed by atoms with Crippen LogP contribution in [0.2, 0.25) is 0 Å².